The molecule has 0 unspecified atom stereocenters. The molecule has 18 heavy (non-hydrogen) atoms. The molecule has 2 heterocycles. The van der Waals surface area contributed by atoms with Crippen LogP contribution in [0, 0.1) is 6.92 Å². The summed E-state index contributed by atoms with van der Waals surface area (Å²) in [5.74, 6) is -1.01. The van der Waals surface area contributed by atoms with Crippen LogP contribution in [0.15, 0.2) is 30.3 Å². The number of fused-ring (bicyclic) bond motifs is 1. The molecule has 0 amide bonds. The van der Waals surface area contributed by atoms with Gasteiger partial charge in [-0.15, -0.1) is 0 Å². The largest absolute Gasteiger partial charge is 0.477 e. The van der Waals surface area contributed by atoms with E-state index in [2.05, 4.69) is 21.2 Å². The number of benzene rings is 1. The van der Waals surface area contributed by atoms with Crippen molar-refractivity contribution in [3.8, 4) is 11.4 Å². The minimum Gasteiger partial charge on any atom is -0.477 e. The average Bonchev–Trinajstić information content (AvgIpc) is 2.93. The number of carboxylic acids is 1. The highest BCUT2D eigenvalue weighted by atomic mass is 16.4. The lowest BCUT2D eigenvalue weighted by Crippen LogP contribution is -1.95. The van der Waals surface area contributed by atoms with E-state index in [0.29, 0.717) is 5.69 Å². The highest BCUT2D eigenvalue weighted by molar-refractivity contribution is 5.89. The molecule has 0 aliphatic carbocycles. The van der Waals surface area contributed by atoms with Crippen LogP contribution in [0.2, 0.25) is 0 Å². The molecule has 0 bridgehead atoms. The molecule has 0 fully saturated rings. The van der Waals surface area contributed by atoms with Crippen LogP contribution in [0.5, 0.6) is 0 Å². The summed E-state index contributed by atoms with van der Waals surface area (Å²) in [6.45, 7) is 2.03. The van der Waals surface area contributed by atoms with E-state index in [0.717, 1.165) is 16.6 Å². The molecule has 0 saturated carbocycles. The van der Waals surface area contributed by atoms with E-state index in [-0.39, 0.29) is 5.69 Å². The zero-order chi connectivity index (χ0) is 12.7. The molecule has 0 aliphatic heterocycles. The van der Waals surface area contributed by atoms with Crippen molar-refractivity contribution in [3.05, 3.63) is 41.6 Å². The monoisotopic (exact) mass is 241 g/mol. The summed E-state index contributed by atoms with van der Waals surface area (Å²) in [5.41, 5.74) is 3.68. The summed E-state index contributed by atoms with van der Waals surface area (Å²) < 4.78 is 0. The molecular formula is C13H11N3O2. The van der Waals surface area contributed by atoms with Crippen molar-refractivity contribution in [2.45, 2.75) is 6.92 Å². The Bertz CT molecular complexity index is 740. The Labute approximate surface area is 102 Å². The fraction of sp³-hybridized carbons (Fsp3) is 0.0769. The molecule has 0 spiro atoms. The third-order valence-corrected chi connectivity index (χ3v) is 2.86. The minimum absolute atomic E-state index is 0.0832. The van der Waals surface area contributed by atoms with Crippen molar-refractivity contribution in [3.63, 3.8) is 0 Å². The average molecular weight is 241 g/mol. The molecule has 90 valence electrons. The third-order valence-electron chi connectivity index (χ3n) is 2.86. The number of carboxylic acid groups (broad SMARTS) is 1. The summed E-state index contributed by atoms with van der Waals surface area (Å²) in [6.07, 6.45) is 0. The Morgan fingerprint density at radius 1 is 1.28 bits per heavy atom. The molecule has 5 nitrogen and oxygen atoms in total. The lowest BCUT2D eigenvalue weighted by atomic mass is 10.2. The molecule has 3 rings (SSSR count). The van der Waals surface area contributed by atoms with Crippen LogP contribution in [-0.2, 0) is 0 Å². The van der Waals surface area contributed by atoms with Gasteiger partial charge in [0.25, 0.3) is 0 Å². The number of aromatic amines is 2. The maximum absolute atomic E-state index is 10.8. The van der Waals surface area contributed by atoms with Crippen molar-refractivity contribution < 1.29 is 9.90 Å². The van der Waals surface area contributed by atoms with E-state index in [4.69, 9.17) is 5.11 Å². The van der Waals surface area contributed by atoms with E-state index < -0.39 is 5.97 Å². The quantitative estimate of drug-likeness (QED) is 0.644. The molecular weight excluding hydrogens is 230 g/mol. The van der Waals surface area contributed by atoms with Crippen LogP contribution in [0.4, 0.5) is 0 Å². The summed E-state index contributed by atoms with van der Waals surface area (Å²) in [5, 5.41) is 16.4. The van der Waals surface area contributed by atoms with Crippen molar-refractivity contribution >= 4 is 16.9 Å². The first kappa shape index (κ1) is 10.6. The molecule has 0 atom stereocenters. The van der Waals surface area contributed by atoms with Crippen molar-refractivity contribution in [2.24, 2.45) is 0 Å². The first-order chi connectivity index (χ1) is 8.63. The number of aromatic carboxylic acids is 1. The maximum atomic E-state index is 10.8. The van der Waals surface area contributed by atoms with Crippen molar-refractivity contribution in [2.75, 3.05) is 0 Å². The highest BCUT2D eigenvalue weighted by Crippen LogP contribution is 2.23. The lowest BCUT2D eigenvalue weighted by molar-refractivity contribution is 0.0690. The fourth-order valence-electron chi connectivity index (χ4n) is 1.96. The van der Waals surface area contributed by atoms with E-state index >= 15 is 0 Å². The predicted octanol–water partition coefficient (Wildman–Crippen LogP) is 2.56. The number of rotatable bonds is 2. The van der Waals surface area contributed by atoms with Crippen LogP contribution >= 0.6 is 0 Å². The Morgan fingerprint density at radius 2 is 2.11 bits per heavy atom. The standard InChI is InChI=1S/C13H11N3O2/c1-7-2-3-9-8(4-7)5-10(14-9)11-6-12(13(17)18)16-15-11/h2-6,14H,1H3,(H,15,16)(H,17,18). The van der Waals surface area contributed by atoms with Crippen molar-refractivity contribution in [1.82, 2.24) is 15.2 Å². The number of aromatic nitrogens is 3. The topological polar surface area (TPSA) is 81.8 Å². The second kappa shape index (κ2) is 3.73. The van der Waals surface area contributed by atoms with E-state index in [1.54, 1.807) is 0 Å². The zero-order valence-electron chi connectivity index (χ0n) is 9.69. The van der Waals surface area contributed by atoms with Crippen molar-refractivity contribution in [1.29, 1.82) is 0 Å². The van der Waals surface area contributed by atoms with Crippen LogP contribution < -0.4 is 0 Å². The summed E-state index contributed by atoms with van der Waals surface area (Å²) in [6, 6.07) is 9.57. The molecule has 1 aromatic carbocycles. The fourth-order valence-corrected chi connectivity index (χ4v) is 1.96. The minimum atomic E-state index is -1.01. The lowest BCUT2D eigenvalue weighted by Gasteiger charge is -1.90. The number of hydrogen-bond donors (Lipinski definition) is 3. The second-order valence-corrected chi connectivity index (χ2v) is 4.25. The first-order valence-electron chi connectivity index (χ1n) is 5.52. The Morgan fingerprint density at radius 3 is 2.83 bits per heavy atom. The van der Waals surface area contributed by atoms with E-state index in [9.17, 15) is 4.79 Å². The third kappa shape index (κ3) is 1.66. The summed E-state index contributed by atoms with van der Waals surface area (Å²) in [4.78, 5) is 14.0. The van der Waals surface area contributed by atoms with Gasteiger partial charge in [0.15, 0.2) is 0 Å². The Kier molecular flexibility index (Phi) is 2.19. The van der Waals surface area contributed by atoms with Gasteiger partial charge in [0, 0.05) is 17.0 Å². The van der Waals surface area contributed by atoms with Gasteiger partial charge in [-0.05, 0) is 25.1 Å². The van der Waals surface area contributed by atoms with Gasteiger partial charge in [0.05, 0.1) is 5.69 Å². The molecule has 3 aromatic rings. The van der Waals surface area contributed by atoms with Crippen LogP contribution in [0.1, 0.15) is 16.1 Å². The molecule has 0 aliphatic rings. The van der Waals surface area contributed by atoms with E-state index in [1.165, 1.54) is 11.6 Å². The smallest absolute Gasteiger partial charge is 0.353 e. The predicted molar refractivity (Wildman–Crippen MR) is 67.6 cm³/mol. The van der Waals surface area contributed by atoms with Gasteiger partial charge in [-0.3, -0.25) is 5.10 Å². The SMILES string of the molecule is Cc1ccc2[nH]c(-c3cc(C(=O)O)[nH]n3)cc2c1. The number of nitrogens with one attached hydrogen (secondary N) is 2. The summed E-state index contributed by atoms with van der Waals surface area (Å²) >= 11 is 0. The second-order valence-electron chi connectivity index (χ2n) is 4.25. The van der Waals surface area contributed by atoms with Gasteiger partial charge < -0.3 is 10.1 Å². The van der Waals surface area contributed by atoms with E-state index in [1.807, 2.05) is 25.1 Å². The molecule has 2 aromatic heterocycles. The molecule has 3 N–H and O–H groups in total. The number of nitrogens with zero attached hydrogens (tertiary/aromatic N) is 1. The van der Waals surface area contributed by atoms with Gasteiger partial charge in [-0.25, -0.2) is 4.79 Å². The molecule has 0 saturated heterocycles. The number of H-pyrrole nitrogens is 2. The molecule has 5 heteroatoms. The first-order valence-corrected chi connectivity index (χ1v) is 5.52. The zero-order valence-corrected chi connectivity index (χ0v) is 9.69. The number of hydrogen-bond acceptors (Lipinski definition) is 2. The van der Waals surface area contributed by atoms with Crippen LogP contribution in [-0.4, -0.2) is 26.3 Å². The normalized spacial score (nSPS) is 10.9. The molecule has 0 radical (unpaired) electrons. The summed E-state index contributed by atoms with van der Waals surface area (Å²) in [7, 11) is 0. The van der Waals surface area contributed by atoms with Crippen LogP contribution in [0.25, 0.3) is 22.3 Å². The number of aryl methyl sites for hydroxylation is 1. The van der Waals surface area contributed by atoms with Gasteiger partial charge in [0.1, 0.15) is 11.4 Å². The van der Waals surface area contributed by atoms with Crippen LogP contribution in [0.3, 0.4) is 0 Å². The number of carbonyl (C=O) groups is 1. The van der Waals surface area contributed by atoms with Gasteiger partial charge in [-0.2, -0.15) is 5.10 Å². The Hall–Kier alpha value is -2.56. The Balaban J connectivity index is 2.10. The van der Waals surface area contributed by atoms with Gasteiger partial charge in [-0.1, -0.05) is 11.6 Å². The van der Waals surface area contributed by atoms with Gasteiger partial charge >= 0.3 is 5.97 Å². The highest BCUT2D eigenvalue weighted by Gasteiger charge is 2.11. The maximum Gasteiger partial charge on any atom is 0.353 e. The van der Waals surface area contributed by atoms with Gasteiger partial charge in [0.2, 0.25) is 0 Å².